The Morgan fingerprint density at radius 2 is 2.00 bits per heavy atom. The molecule has 0 amide bonds. The largest absolute Gasteiger partial charge is 0.492 e. The molecule has 1 fully saturated rings. The van der Waals surface area contributed by atoms with E-state index in [9.17, 15) is 9.11 Å². The van der Waals surface area contributed by atoms with Gasteiger partial charge in [-0.3, -0.25) is 9.11 Å². The summed E-state index contributed by atoms with van der Waals surface area (Å²) in [4.78, 5) is 4.03. The van der Waals surface area contributed by atoms with Crippen molar-refractivity contribution >= 4 is 10.6 Å². The maximum absolute atomic E-state index is 9.45. The van der Waals surface area contributed by atoms with E-state index in [2.05, 4.69) is 4.98 Å². The van der Waals surface area contributed by atoms with Crippen molar-refractivity contribution in [2.24, 2.45) is 5.92 Å². The van der Waals surface area contributed by atoms with Crippen LogP contribution in [-0.2, 0) is 0 Å². The van der Waals surface area contributed by atoms with Crippen molar-refractivity contribution in [3.05, 3.63) is 18.3 Å². The van der Waals surface area contributed by atoms with Gasteiger partial charge in [0.15, 0.2) is 0 Å². The number of hydrogen-bond acceptors (Lipinski definition) is 4. The molecular formula is C13H21NO3S. The van der Waals surface area contributed by atoms with Crippen LogP contribution in [0.1, 0.15) is 32.1 Å². The molecule has 0 spiro atoms. The van der Waals surface area contributed by atoms with Gasteiger partial charge in [-0.25, -0.2) is 4.98 Å². The highest BCUT2D eigenvalue weighted by molar-refractivity contribution is 8.23. The third kappa shape index (κ3) is 3.86. The molecule has 4 nitrogen and oxygen atoms in total. The van der Waals surface area contributed by atoms with E-state index in [-0.39, 0.29) is 0 Å². The van der Waals surface area contributed by atoms with Crippen molar-refractivity contribution in [2.45, 2.75) is 37.1 Å². The molecule has 1 aliphatic carbocycles. The van der Waals surface area contributed by atoms with Gasteiger partial charge in [0.05, 0.1) is 12.8 Å². The zero-order valence-corrected chi connectivity index (χ0v) is 11.5. The first kappa shape index (κ1) is 13.6. The summed E-state index contributed by atoms with van der Waals surface area (Å²) in [6, 6.07) is 3.37. The predicted octanol–water partition coefficient (Wildman–Crippen LogP) is 3.78. The minimum Gasteiger partial charge on any atom is -0.492 e. The highest BCUT2D eigenvalue weighted by atomic mass is 32.3. The molecular weight excluding hydrogens is 250 g/mol. The number of rotatable bonds is 4. The van der Waals surface area contributed by atoms with E-state index in [0.29, 0.717) is 16.7 Å². The van der Waals surface area contributed by atoms with Crippen molar-refractivity contribution < 1.29 is 13.8 Å². The Balaban J connectivity index is 1.86. The van der Waals surface area contributed by atoms with E-state index >= 15 is 0 Å². The topological polar surface area (TPSA) is 62.6 Å². The molecule has 0 saturated heterocycles. The lowest BCUT2D eigenvalue weighted by Crippen LogP contribution is -2.15. The second kappa shape index (κ2) is 5.91. The number of aromatic nitrogens is 1. The van der Waals surface area contributed by atoms with E-state index in [4.69, 9.17) is 4.74 Å². The van der Waals surface area contributed by atoms with Crippen LogP contribution in [0.2, 0.25) is 0 Å². The molecule has 0 aromatic carbocycles. The van der Waals surface area contributed by atoms with Crippen LogP contribution in [0.5, 0.6) is 5.75 Å². The predicted molar refractivity (Wildman–Crippen MR) is 73.3 cm³/mol. The second-order valence-corrected chi connectivity index (χ2v) is 7.07. The Morgan fingerprint density at radius 1 is 1.28 bits per heavy atom. The van der Waals surface area contributed by atoms with Crippen molar-refractivity contribution in [2.75, 3.05) is 12.9 Å². The molecule has 0 bridgehead atoms. The minimum atomic E-state index is -2.72. The van der Waals surface area contributed by atoms with Gasteiger partial charge in [-0.1, -0.05) is 19.3 Å². The summed E-state index contributed by atoms with van der Waals surface area (Å²) in [6.07, 6.45) is 9.40. The SMILES string of the molecule is CS(O)(O)c1ccc(OCC2CCCCC2)cn1. The van der Waals surface area contributed by atoms with Gasteiger partial charge in [-0.15, -0.1) is 0 Å². The monoisotopic (exact) mass is 271 g/mol. The number of hydrogen-bond donors (Lipinski definition) is 2. The molecule has 2 N–H and O–H groups in total. The fourth-order valence-electron chi connectivity index (χ4n) is 2.25. The normalized spacial score (nSPS) is 18.6. The lowest BCUT2D eigenvalue weighted by molar-refractivity contribution is 0.208. The zero-order valence-electron chi connectivity index (χ0n) is 10.7. The number of ether oxygens (including phenoxy) is 1. The van der Waals surface area contributed by atoms with Crippen LogP contribution < -0.4 is 4.74 Å². The molecule has 1 aromatic heterocycles. The molecule has 102 valence electrons. The summed E-state index contributed by atoms with van der Waals surface area (Å²) in [5.74, 6) is 1.36. The fourth-order valence-corrected chi connectivity index (χ4v) is 2.83. The third-order valence-corrected chi connectivity index (χ3v) is 4.35. The molecule has 2 rings (SSSR count). The first-order valence-corrected chi connectivity index (χ1v) is 8.33. The molecule has 1 aromatic rings. The van der Waals surface area contributed by atoms with Crippen molar-refractivity contribution in [1.29, 1.82) is 0 Å². The van der Waals surface area contributed by atoms with Crippen LogP contribution in [0.15, 0.2) is 23.4 Å². The molecule has 0 unspecified atom stereocenters. The van der Waals surface area contributed by atoms with Gasteiger partial charge in [0, 0.05) is 6.26 Å². The maximum atomic E-state index is 9.45. The van der Waals surface area contributed by atoms with Crippen LogP contribution >= 0.6 is 10.6 Å². The van der Waals surface area contributed by atoms with E-state index < -0.39 is 10.6 Å². The van der Waals surface area contributed by atoms with Crippen molar-refractivity contribution in [3.63, 3.8) is 0 Å². The number of nitrogens with zero attached hydrogens (tertiary/aromatic N) is 1. The maximum Gasteiger partial charge on any atom is 0.146 e. The third-order valence-electron chi connectivity index (χ3n) is 3.32. The molecule has 0 atom stereocenters. The van der Waals surface area contributed by atoms with Crippen LogP contribution in [0, 0.1) is 5.92 Å². The Labute approximate surface area is 110 Å². The second-order valence-electron chi connectivity index (χ2n) is 4.98. The Bertz CT molecular complexity index is 369. The molecule has 5 heteroatoms. The van der Waals surface area contributed by atoms with Gasteiger partial charge in [-0.05, 0) is 30.9 Å². The lowest BCUT2D eigenvalue weighted by atomic mass is 9.90. The van der Waals surface area contributed by atoms with Gasteiger partial charge in [0.2, 0.25) is 0 Å². The summed E-state index contributed by atoms with van der Waals surface area (Å²) in [7, 11) is -2.72. The van der Waals surface area contributed by atoms with Gasteiger partial charge < -0.3 is 4.74 Å². The molecule has 18 heavy (non-hydrogen) atoms. The first-order chi connectivity index (χ1) is 8.55. The van der Waals surface area contributed by atoms with Crippen molar-refractivity contribution in [1.82, 2.24) is 4.98 Å². The Hall–Kier alpha value is -0.780. The van der Waals surface area contributed by atoms with Crippen LogP contribution in [0.3, 0.4) is 0 Å². The standard InChI is InChI=1S/C13H21NO3S/c1-18(15,16)13-8-7-12(9-14-13)17-10-11-5-3-2-4-6-11/h7-9,11,15-16H,2-6,10H2,1H3. The average Bonchev–Trinajstić information content (AvgIpc) is 2.37. The van der Waals surface area contributed by atoms with E-state index in [0.717, 1.165) is 6.61 Å². The first-order valence-electron chi connectivity index (χ1n) is 6.38. The Morgan fingerprint density at radius 3 is 2.56 bits per heavy atom. The van der Waals surface area contributed by atoms with E-state index in [1.165, 1.54) is 38.4 Å². The molecule has 1 heterocycles. The van der Waals surface area contributed by atoms with Gasteiger partial charge in [0.25, 0.3) is 0 Å². The summed E-state index contributed by atoms with van der Waals surface area (Å²) >= 11 is 0. The van der Waals surface area contributed by atoms with Gasteiger partial charge >= 0.3 is 0 Å². The average molecular weight is 271 g/mol. The molecule has 1 saturated carbocycles. The van der Waals surface area contributed by atoms with Crippen LogP contribution in [-0.4, -0.2) is 27.0 Å². The van der Waals surface area contributed by atoms with Gasteiger partial charge in [-0.2, -0.15) is 10.6 Å². The highest BCUT2D eigenvalue weighted by Gasteiger charge is 2.14. The number of pyridine rings is 1. The van der Waals surface area contributed by atoms with Gasteiger partial charge in [0.1, 0.15) is 10.8 Å². The molecule has 1 aliphatic rings. The fraction of sp³-hybridized carbons (Fsp3) is 0.615. The van der Waals surface area contributed by atoms with Crippen LogP contribution in [0.4, 0.5) is 0 Å². The summed E-state index contributed by atoms with van der Waals surface area (Å²) in [6.45, 7) is 0.739. The van der Waals surface area contributed by atoms with E-state index in [1.807, 2.05) is 0 Å². The minimum absolute atomic E-state index is 0.313. The Kier molecular flexibility index (Phi) is 4.48. The highest BCUT2D eigenvalue weighted by Crippen LogP contribution is 2.42. The molecule has 0 radical (unpaired) electrons. The lowest BCUT2D eigenvalue weighted by Gasteiger charge is -2.25. The smallest absolute Gasteiger partial charge is 0.146 e. The summed E-state index contributed by atoms with van der Waals surface area (Å²) in [5, 5.41) is 0.313. The summed E-state index contributed by atoms with van der Waals surface area (Å²) in [5.41, 5.74) is 0. The molecule has 0 aliphatic heterocycles. The van der Waals surface area contributed by atoms with Crippen LogP contribution in [0.25, 0.3) is 0 Å². The quantitative estimate of drug-likeness (QED) is 0.874. The van der Waals surface area contributed by atoms with E-state index in [1.54, 1.807) is 18.3 Å². The summed E-state index contributed by atoms with van der Waals surface area (Å²) < 4.78 is 24.6. The van der Waals surface area contributed by atoms with Crippen molar-refractivity contribution in [3.8, 4) is 5.75 Å². The zero-order chi connectivity index (χ0) is 13.0.